The number of rotatable bonds is 2. The number of carboxylic acids is 1. The molecule has 2 heterocycles. The first-order valence-electron chi connectivity index (χ1n) is 6.47. The van der Waals surface area contributed by atoms with E-state index in [-0.39, 0.29) is 23.0 Å². The van der Waals surface area contributed by atoms with Crippen LogP contribution in [-0.4, -0.2) is 40.1 Å². The summed E-state index contributed by atoms with van der Waals surface area (Å²) in [5.74, 6) is -0.801. The Balaban J connectivity index is 1.62. The van der Waals surface area contributed by atoms with Gasteiger partial charge in [-0.25, -0.2) is 0 Å². The molecule has 19 heavy (non-hydrogen) atoms. The molecule has 1 atom stereocenters. The molecule has 1 amide bonds. The second kappa shape index (κ2) is 4.08. The summed E-state index contributed by atoms with van der Waals surface area (Å²) >= 11 is 0. The van der Waals surface area contributed by atoms with Gasteiger partial charge < -0.3 is 14.5 Å². The van der Waals surface area contributed by atoms with Gasteiger partial charge in [0.25, 0.3) is 5.91 Å². The van der Waals surface area contributed by atoms with E-state index in [0.717, 1.165) is 19.3 Å². The second-order valence-electron chi connectivity index (χ2n) is 5.58. The topological polar surface area (TPSA) is 83.6 Å². The van der Waals surface area contributed by atoms with Crippen LogP contribution in [0.2, 0.25) is 0 Å². The smallest absolute Gasteiger partial charge is 0.307 e. The third-order valence-electron chi connectivity index (χ3n) is 4.37. The minimum Gasteiger partial charge on any atom is -0.481 e. The minimum atomic E-state index is -0.703. The zero-order valence-corrected chi connectivity index (χ0v) is 10.8. The second-order valence-corrected chi connectivity index (χ2v) is 5.58. The van der Waals surface area contributed by atoms with Crippen molar-refractivity contribution in [3.63, 3.8) is 0 Å². The Kier molecular flexibility index (Phi) is 2.62. The molecule has 1 spiro atoms. The molecule has 102 valence electrons. The zero-order valence-electron chi connectivity index (χ0n) is 10.8. The van der Waals surface area contributed by atoms with Gasteiger partial charge in [-0.3, -0.25) is 9.59 Å². The first kappa shape index (κ1) is 12.2. The van der Waals surface area contributed by atoms with Crippen molar-refractivity contribution in [2.24, 2.45) is 11.3 Å². The number of hydrogen-bond donors (Lipinski definition) is 1. The van der Waals surface area contributed by atoms with Gasteiger partial charge in [0, 0.05) is 19.2 Å². The molecule has 1 saturated heterocycles. The van der Waals surface area contributed by atoms with Crippen LogP contribution in [-0.2, 0) is 4.79 Å². The largest absolute Gasteiger partial charge is 0.481 e. The lowest BCUT2D eigenvalue weighted by Gasteiger charge is -2.31. The predicted octanol–water partition coefficient (Wildman–Crippen LogP) is 1.31. The number of carboxylic acid groups (broad SMARTS) is 1. The van der Waals surface area contributed by atoms with Gasteiger partial charge >= 0.3 is 5.97 Å². The first-order chi connectivity index (χ1) is 9.02. The maximum absolute atomic E-state index is 12.1. The Morgan fingerprint density at radius 2 is 2.16 bits per heavy atom. The Morgan fingerprint density at radius 1 is 1.47 bits per heavy atom. The number of hydrogen-bond acceptors (Lipinski definition) is 4. The molecule has 1 aromatic heterocycles. The third kappa shape index (κ3) is 2.01. The van der Waals surface area contributed by atoms with Crippen molar-refractivity contribution in [1.29, 1.82) is 0 Å². The van der Waals surface area contributed by atoms with Crippen LogP contribution in [0, 0.1) is 18.3 Å². The molecular weight excluding hydrogens is 248 g/mol. The molecule has 6 heteroatoms. The minimum absolute atomic E-state index is 0.0556. The maximum Gasteiger partial charge on any atom is 0.307 e. The van der Waals surface area contributed by atoms with Crippen molar-refractivity contribution in [3.8, 4) is 0 Å². The highest BCUT2D eigenvalue weighted by molar-refractivity contribution is 5.91. The van der Waals surface area contributed by atoms with E-state index in [9.17, 15) is 9.59 Å². The molecule has 6 nitrogen and oxygen atoms in total. The van der Waals surface area contributed by atoms with E-state index in [4.69, 9.17) is 9.63 Å². The summed E-state index contributed by atoms with van der Waals surface area (Å²) in [7, 11) is 0. The van der Waals surface area contributed by atoms with Gasteiger partial charge in [-0.05, 0) is 31.6 Å². The molecule has 1 aliphatic heterocycles. The Labute approximate surface area is 110 Å². The number of nitrogens with zero attached hydrogens (tertiary/aromatic N) is 2. The molecule has 1 aromatic rings. The molecule has 0 bridgehead atoms. The number of aromatic nitrogens is 1. The lowest BCUT2D eigenvalue weighted by molar-refractivity contribution is -0.139. The Bertz CT molecular complexity index is 529. The van der Waals surface area contributed by atoms with Gasteiger partial charge in [0.15, 0.2) is 0 Å². The number of carbonyl (C=O) groups is 2. The zero-order chi connectivity index (χ0) is 13.6. The molecule has 1 unspecified atom stereocenters. The summed E-state index contributed by atoms with van der Waals surface area (Å²) in [6, 6.07) is 1.63. The molecule has 1 N–H and O–H groups in total. The Morgan fingerprint density at radius 3 is 2.63 bits per heavy atom. The van der Waals surface area contributed by atoms with E-state index in [2.05, 4.69) is 5.16 Å². The fraction of sp³-hybridized carbons (Fsp3) is 0.615. The summed E-state index contributed by atoms with van der Waals surface area (Å²) in [5, 5.41) is 12.7. The van der Waals surface area contributed by atoms with E-state index in [0.29, 0.717) is 18.8 Å². The van der Waals surface area contributed by atoms with E-state index in [1.165, 1.54) is 0 Å². The van der Waals surface area contributed by atoms with E-state index in [1.807, 2.05) is 0 Å². The van der Waals surface area contributed by atoms with E-state index < -0.39 is 5.97 Å². The number of aliphatic carboxylic acids is 1. The maximum atomic E-state index is 12.1. The van der Waals surface area contributed by atoms with Crippen molar-refractivity contribution < 1.29 is 19.2 Å². The summed E-state index contributed by atoms with van der Waals surface area (Å²) in [6.45, 7) is 2.97. The molecule has 1 aliphatic carbocycles. The van der Waals surface area contributed by atoms with Gasteiger partial charge in [-0.1, -0.05) is 5.16 Å². The van der Waals surface area contributed by atoms with Crippen molar-refractivity contribution in [1.82, 2.24) is 10.1 Å². The van der Waals surface area contributed by atoms with Crippen LogP contribution in [0.1, 0.15) is 35.5 Å². The molecular formula is C13H16N2O4. The van der Waals surface area contributed by atoms with Crippen LogP contribution >= 0.6 is 0 Å². The highest BCUT2D eigenvalue weighted by atomic mass is 16.5. The lowest BCUT2D eigenvalue weighted by atomic mass is 9.90. The highest BCUT2D eigenvalue weighted by Gasteiger charge is 2.59. The average molecular weight is 264 g/mol. The summed E-state index contributed by atoms with van der Waals surface area (Å²) in [6.07, 6.45) is 2.29. The van der Waals surface area contributed by atoms with Crippen molar-refractivity contribution in [2.75, 3.05) is 13.1 Å². The lowest BCUT2D eigenvalue weighted by Crippen LogP contribution is -2.39. The van der Waals surface area contributed by atoms with Crippen LogP contribution in [0.4, 0.5) is 0 Å². The van der Waals surface area contributed by atoms with Crippen molar-refractivity contribution in [2.45, 2.75) is 26.2 Å². The van der Waals surface area contributed by atoms with Crippen LogP contribution in [0.5, 0.6) is 0 Å². The number of amides is 1. The molecule has 3 rings (SSSR count). The van der Waals surface area contributed by atoms with E-state index in [1.54, 1.807) is 17.9 Å². The molecule has 1 saturated carbocycles. The fourth-order valence-electron chi connectivity index (χ4n) is 3.02. The standard InChI is InChI=1S/C13H16N2O4/c1-8-6-10(19-14-8)11(16)15-4-2-13(3-5-15)7-9(13)12(17)18/h6,9H,2-5,7H2,1H3,(H,17,18). The normalized spacial score (nSPS) is 24.5. The third-order valence-corrected chi connectivity index (χ3v) is 4.37. The van der Waals surface area contributed by atoms with E-state index >= 15 is 0 Å². The number of likely N-dealkylation sites (tertiary alicyclic amines) is 1. The van der Waals surface area contributed by atoms with Gasteiger partial charge in [-0.15, -0.1) is 0 Å². The number of piperidine rings is 1. The summed E-state index contributed by atoms with van der Waals surface area (Å²) < 4.78 is 4.97. The quantitative estimate of drug-likeness (QED) is 0.870. The monoisotopic (exact) mass is 264 g/mol. The summed E-state index contributed by atoms with van der Waals surface area (Å²) in [5.41, 5.74) is 0.630. The fourth-order valence-corrected chi connectivity index (χ4v) is 3.02. The van der Waals surface area contributed by atoms with Crippen LogP contribution in [0.25, 0.3) is 0 Å². The average Bonchev–Trinajstić information content (AvgIpc) is 2.91. The van der Waals surface area contributed by atoms with Crippen LogP contribution < -0.4 is 0 Å². The van der Waals surface area contributed by atoms with Crippen LogP contribution in [0.3, 0.4) is 0 Å². The van der Waals surface area contributed by atoms with Gasteiger partial charge in [0.05, 0.1) is 11.6 Å². The van der Waals surface area contributed by atoms with Crippen LogP contribution in [0.15, 0.2) is 10.6 Å². The SMILES string of the molecule is Cc1cc(C(=O)N2CCC3(CC2)CC3C(=O)O)on1. The first-order valence-corrected chi connectivity index (χ1v) is 6.47. The predicted molar refractivity (Wildman–Crippen MR) is 64.6 cm³/mol. The molecule has 0 aromatic carbocycles. The summed E-state index contributed by atoms with van der Waals surface area (Å²) in [4.78, 5) is 24.8. The van der Waals surface area contributed by atoms with Crippen molar-refractivity contribution in [3.05, 3.63) is 17.5 Å². The van der Waals surface area contributed by atoms with Gasteiger partial charge in [0.2, 0.25) is 5.76 Å². The number of aryl methyl sites for hydroxylation is 1. The Hall–Kier alpha value is -1.85. The molecule has 2 aliphatic rings. The highest BCUT2D eigenvalue weighted by Crippen LogP contribution is 2.59. The van der Waals surface area contributed by atoms with Gasteiger partial charge in [0.1, 0.15) is 0 Å². The molecule has 2 fully saturated rings. The van der Waals surface area contributed by atoms with Gasteiger partial charge in [-0.2, -0.15) is 0 Å². The van der Waals surface area contributed by atoms with Crippen molar-refractivity contribution >= 4 is 11.9 Å². The number of carbonyl (C=O) groups excluding carboxylic acids is 1. The molecule has 0 radical (unpaired) electrons.